The highest BCUT2D eigenvalue weighted by Gasteiger charge is 2.36. The van der Waals surface area contributed by atoms with Gasteiger partial charge in [0.15, 0.2) is 0 Å². The molecule has 0 aromatic carbocycles. The van der Waals surface area contributed by atoms with E-state index >= 15 is 0 Å². The van der Waals surface area contributed by atoms with Crippen LogP contribution < -0.4 is 0 Å². The minimum Gasteiger partial charge on any atom is -0.444 e. The number of carbonyl (C=O) groups is 1. The van der Waals surface area contributed by atoms with Crippen LogP contribution in [-0.2, 0) is 31.1 Å². The highest BCUT2D eigenvalue weighted by Crippen LogP contribution is 2.37. The van der Waals surface area contributed by atoms with E-state index in [-0.39, 0.29) is 18.1 Å². The van der Waals surface area contributed by atoms with Gasteiger partial charge in [0.25, 0.3) is 10.1 Å². The molecule has 0 radical (unpaired) electrons. The average Bonchev–Trinajstić information content (AvgIpc) is 2.93. The van der Waals surface area contributed by atoms with E-state index in [1.54, 1.807) is 4.90 Å². The Balaban J connectivity index is 1.96. The summed E-state index contributed by atoms with van der Waals surface area (Å²) in [4.78, 5) is 18.4. The summed E-state index contributed by atoms with van der Waals surface area (Å²) in [5.41, 5.74) is -0.0185. The summed E-state index contributed by atoms with van der Waals surface area (Å²) in [6, 6.07) is 0. The number of hydrogen-bond donors (Lipinski definition) is 0. The van der Waals surface area contributed by atoms with Gasteiger partial charge in [-0.05, 0) is 33.6 Å². The predicted molar refractivity (Wildman–Crippen MR) is 96.1 cm³/mol. The topological polar surface area (TPSA) is 85.8 Å². The van der Waals surface area contributed by atoms with Crippen LogP contribution in [0.3, 0.4) is 0 Å². The van der Waals surface area contributed by atoms with Gasteiger partial charge >= 0.3 is 6.09 Å². The van der Waals surface area contributed by atoms with Gasteiger partial charge in [-0.1, -0.05) is 6.92 Å². The average molecular weight is 391 g/mol. The van der Waals surface area contributed by atoms with Gasteiger partial charge in [0.1, 0.15) is 12.2 Å². The van der Waals surface area contributed by atoms with E-state index in [0.29, 0.717) is 18.8 Å². The summed E-state index contributed by atoms with van der Waals surface area (Å²) >= 11 is 1.50. The van der Waals surface area contributed by atoms with E-state index in [4.69, 9.17) is 8.92 Å². The largest absolute Gasteiger partial charge is 0.444 e. The van der Waals surface area contributed by atoms with Crippen molar-refractivity contribution in [1.82, 2.24) is 9.88 Å². The second-order valence-corrected chi connectivity index (χ2v) is 10.1. The molecule has 0 N–H and O–H groups in total. The molecule has 1 saturated heterocycles. The van der Waals surface area contributed by atoms with E-state index in [1.807, 2.05) is 26.2 Å². The number of carbonyl (C=O) groups excluding carboxylic acids is 1. The van der Waals surface area contributed by atoms with Crippen LogP contribution in [0.4, 0.5) is 4.79 Å². The highest BCUT2D eigenvalue weighted by molar-refractivity contribution is 7.85. The zero-order chi connectivity index (χ0) is 18.9. The highest BCUT2D eigenvalue weighted by atomic mass is 32.2. The summed E-state index contributed by atoms with van der Waals surface area (Å²) in [5.74, 6) is 0. The molecule has 1 fully saturated rings. The molecule has 2 rings (SSSR count). The molecule has 1 aromatic rings. The number of rotatable bonds is 4. The second-order valence-electron chi connectivity index (χ2n) is 7.64. The molecule has 0 aliphatic carbocycles. The molecule has 0 spiro atoms. The Morgan fingerprint density at radius 3 is 2.48 bits per heavy atom. The summed E-state index contributed by atoms with van der Waals surface area (Å²) in [5, 5.41) is 2.77. The molecule has 0 unspecified atom stereocenters. The van der Waals surface area contributed by atoms with Crippen molar-refractivity contribution in [2.45, 2.75) is 58.2 Å². The second kappa shape index (κ2) is 7.20. The van der Waals surface area contributed by atoms with Crippen molar-refractivity contribution < 1.29 is 22.1 Å². The van der Waals surface area contributed by atoms with E-state index in [2.05, 4.69) is 11.9 Å². The number of aromatic nitrogens is 1. The summed E-state index contributed by atoms with van der Waals surface area (Å²) in [6.45, 7) is 8.87. The first-order valence-corrected chi connectivity index (χ1v) is 10.8. The lowest BCUT2D eigenvalue weighted by Gasteiger charge is -2.38. The zero-order valence-corrected chi connectivity index (χ0v) is 17.0. The number of likely N-dealkylation sites (tertiary alicyclic amines) is 1. The van der Waals surface area contributed by atoms with Crippen LogP contribution >= 0.6 is 11.3 Å². The van der Waals surface area contributed by atoms with Gasteiger partial charge in [-0.15, -0.1) is 11.3 Å². The maximum absolute atomic E-state index is 12.2. The Hall–Kier alpha value is -1.19. The lowest BCUT2D eigenvalue weighted by molar-refractivity contribution is 0.0171. The third-order valence-electron chi connectivity index (χ3n) is 4.01. The minimum atomic E-state index is -3.48. The Morgan fingerprint density at radius 2 is 1.96 bits per heavy atom. The molecule has 2 heterocycles. The molecule has 9 heteroatoms. The third-order valence-corrected chi connectivity index (χ3v) is 5.75. The first kappa shape index (κ1) is 20.1. The van der Waals surface area contributed by atoms with Crippen molar-refractivity contribution in [2.75, 3.05) is 19.3 Å². The SMILES string of the molecule is CC(C)(C)OC(=O)N1CCC(C)(c2nc(COS(C)(=O)=O)cs2)CC1. The van der Waals surface area contributed by atoms with Crippen molar-refractivity contribution in [1.29, 1.82) is 0 Å². The number of hydrogen-bond acceptors (Lipinski definition) is 7. The number of thiazole rings is 1. The maximum atomic E-state index is 12.2. The Labute approximate surface area is 153 Å². The fraction of sp³-hybridized carbons (Fsp3) is 0.750. The van der Waals surface area contributed by atoms with E-state index in [9.17, 15) is 13.2 Å². The van der Waals surface area contributed by atoms with Crippen LogP contribution in [0, 0.1) is 0 Å². The lowest BCUT2D eigenvalue weighted by Crippen LogP contribution is -2.45. The van der Waals surface area contributed by atoms with Gasteiger partial charge in [-0.3, -0.25) is 4.18 Å². The summed E-state index contributed by atoms with van der Waals surface area (Å²) in [7, 11) is -3.48. The molecule has 1 amide bonds. The standard InChI is InChI=1S/C16H26N2O5S2/c1-15(2,3)23-14(19)18-8-6-16(4,7-9-18)13-17-12(11-24-13)10-22-25(5,20)21/h11H,6-10H2,1-5H3. The molecule has 25 heavy (non-hydrogen) atoms. The normalized spacial score (nSPS) is 18.2. The maximum Gasteiger partial charge on any atom is 0.410 e. The van der Waals surface area contributed by atoms with Crippen molar-refractivity contribution >= 4 is 27.5 Å². The van der Waals surface area contributed by atoms with Crippen molar-refractivity contribution in [2.24, 2.45) is 0 Å². The van der Waals surface area contributed by atoms with Gasteiger partial charge < -0.3 is 9.64 Å². The number of nitrogens with zero attached hydrogens (tertiary/aromatic N) is 2. The van der Waals surface area contributed by atoms with Crippen molar-refractivity contribution in [3.63, 3.8) is 0 Å². The molecular weight excluding hydrogens is 364 g/mol. The molecule has 0 saturated carbocycles. The van der Waals surface area contributed by atoms with Crippen molar-refractivity contribution in [3.05, 3.63) is 16.1 Å². The smallest absolute Gasteiger partial charge is 0.410 e. The van der Waals surface area contributed by atoms with Gasteiger partial charge in [-0.2, -0.15) is 8.42 Å². The fourth-order valence-electron chi connectivity index (χ4n) is 2.54. The first-order chi connectivity index (χ1) is 11.4. The molecule has 142 valence electrons. The van der Waals surface area contributed by atoms with Crippen LogP contribution in [0.2, 0.25) is 0 Å². The monoisotopic (exact) mass is 390 g/mol. The van der Waals surface area contributed by atoms with Gasteiger partial charge in [0.2, 0.25) is 0 Å². The van der Waals surface area contributed by atoms with Crippen LogP contribution in [0.1, 0.15) is 51.2 Å². The summed E-state index contributed by atoms with van der Waals surface area (Å²) in [6.07, 6.45) is 2.31. The van der Waals surface area contributed by atoms with Gasteiger partial charge in [0, 0.05) is 23.9 Å². The zero-order valence-electron chi connectivity index (χ0n) is 15.4. The van der Waals surface area contributed by atoms with Gasteiger partial charge in [0.05, 0.1) is 17.0 Å². The Morgan fingerprint density at radius 1 is 1.36 bits per heavy atom. The predicted octanol–water partition coefficient (Wildman–Crippen LogP) is 2.91. The van der Waals surface area contributed by atoms with Crippen LogP contribution in [-0.4, -0.2) is 49.3 Å². The first-order valence-electron chi connectivity index (χ1n) is 8.15. The Bertz CT molecular complexity index is 713. The van der Waals surface area contributed by atoms with E-state index in [0.717, 1.165) is 24.1 Å². The number of piperidine rings is 1. The molecular formula is C16H26N2O5S2. The molecule has 1 aromatic heterocycles. The van der Waals surface area contributed by atoms with E-state index < -0.39 is 15.7 Å². The fourth-order valence-corrected chi connectivity index (χ4v) is 3.90. The summed E-state index contributed by atoms with van der Waals surface area (Å²) < 4.78 is 32.4. The molecule has 1 aliphatic rings. The van der Waals surface area contributed by atoms with Crippen LogP contribution in [0.5, 0.6) is 0 Å². The lowest BCUT2D eigenvalue weighted by atomic mass is 9.81. The molecule has 0 atom stereocenters. The molecule has 1 aliphatic heterocycles. The van der Waals surface area contributed by atoms with Crippen LogP contribution in [0.15, 0.2) is 5.38 Å². The third kappa shape index (κ3) is 5.93. The minimum absolute atomic E-state index is 0.0462. The quantitative estimate of drug-likeness (QED) is 0.735. The number of amides is 1. The number of ether oxygens (including phenoxy) is 1. The van der Waals surface area contributed by atoms with Crippen molar-refractivity contribution in [3.8, 4) is 0 Å². The van der Waals surface area contributed by atoms with E-state index in [1.165, 1.54) is 11.3 Å². The Kier molecular flexibility index (Phi) is 5.80. The molecule has 0 bridgehead atoms. The molecule has 7 nitrogen and oxygen atoms in total. The van der Waals surface area contributed by atoms with Crippen LogP contribution in [0.25, 0.3) is 0 Å². The van der Waals surface area contributed by atoms with Gasteiger partial charge in [-0.25, -0.2) is 9.78 Å².